The van der Waals surface area contributed by atoms with Crippen LogP contribution >= 0.6 is 0 Å². The van der Waals surface area contributed by atoms with E-state index in [9.17, 15) is 19.5 Å². The largest absolute Gasteiger partial charge is 0.480 e. The Morgan fingerprint density at radius 3 is 2.69 bits per heavy atom. The van der Waals surface area contributed by atoms with Crippen LogP contribution in [-0.4, -0.2) is 76.3 Å². The predicted molar refractivity (Wildman–Crippen MR) is 127 cm³/mol. The molecule has 11 heteroatoms. The number of aliphatic carboxylic acids is 1. The molecule has 2 aliphatic rings. The van der Waals surface area contributed by atoms with Crippen molar-refractivity contribution in [2.24, 2.45) is 5.92 Å². The fraction of sp³-hybridized carbons (Fsp3) is 0.500. The van der Waals surface area contributed by atoms with Crippen LogP contribution in [0.3, 0.4) is 0 Å². The van der Waals surface area contributed by atoms with Crippen molar-refractivity contribution >= 4 is 17.8 Å². The van der Waals surface area contributed by atoms with Crippen molar-refractivity contribution in [3.05, 3.63) is 47.3 Å². The highest BCUT2D eigenvalue weighted by atomic mass is 16.6. The molecule has 35 heavy (non-hydrogen) atoms. The number of carbonyl (C=O) groups excluding carboxylic acids is 2. The Kier molecular flexibility index (Phi) is 7.98. The number of hydrogen-bond acceptors (Lipinski definition) is 7. The Hall–Kier alpha value is -3.44. The number of carboxylic acid groups (broad SMARTS) is 1. The second-order valence-corrected chi connectivity index (χ2v) is 9.05. The first-order valence-electron chi connectivity index (χ1n) is 12.0. The maximum atomic E-state index is 12.9. The highest BCUT2D eigenvalue weighted by molar-refractivity contribution is 5.98. The lowest BCUT2D eigenvalue weighted by molar-refractivity contribution is -0.141. The van der Waals surface area contributed by atoms with E-state index in [2.05, 4.69) is 21.2 Å². The van der Waals surface area contributed by atoms with Gasteiger partial charge in [-0.3, -0.25) is 19.1 Å². The van der Waals surface area contributed by atoms with E-state index < -0.39 is 17.9 Å². The van der Waals surface area contributed by atoms with Crippen LogP contribution in [0.2, 0.25) is 0 Å². The number of fused-ring (bicyclic) bond motifs is 1. The highest BCUT2D eigenvalue weighted by Gasteiger charge is 2.29. The van der Waals surface area contributed by atoms with Gasteiger partial charge in [-0.05, 0) is 57.3 Å². The van der Waals surface area contributed by atoms with E-state index in [1.807, 2.05) is 24.0 Å². The minimum absolute atomic E-state index is 0.0807. The van der Waals surface area contributed by atoms with Crippen LogP contribution < -0.4 is 21.0 Å². The van der Waals surface area contributed by atoms with Gasteiger partial charge in [-0.25, -0.2) is 0 Å². The minimum atomic E-state index is -1.18. The van der Waals surface area contributed by atoms with Gasteiger partial charge in [0.25, 0.3) is 11.8 Å². The van der Waals surface area contributed by atoms with Crippen LogP contribution in [-0.2, 0) is 11.3 Å². The van der Waals surface area contributed by atoms with Gasteiger partial charge in [0, 0.05) is 25.7 Å². The van der Waals surface area contributed by atoms with E-state index in [0.717, 1.165) is 37.9 Å². The van der Waals surface area contributed by atoms with Crippen LogP contribution in [0.4, 0.5) is 0 Å². The summed E-state index contributed by atoms with van der Waals surface area (Å²) in [5.74, 6) is -0.778. The zero-order valence-corrected chi connectivity index (χ0v) is 19.8. The van der Waals surface area contributed by atoms with Gasteiger partial charge in [-0.2, -0.15) is 5.10 Å². The fourth-order valence-electron chi connectivity index (χ4n) is 4.28. The molecule has 4 N–H and O–H groups in total. The molecule has 3 heterocycles. The molecule has 1 aromatic carbocycles. The Morgan fingerprint density at radius 1 is 1.23 bits per heavy atom. The van der Waals surface area contributed by atoms with Gasteiger partial charge in [-0.1, -0.05) is 17.7 Å². The first kappa shape index (κ1) is 24.7. The number of aryl methyl sites for hydroxylation is 1. The van der Waals surface area contributed by atoms with Crippen molar-refractivity contribution in [2.45, 2.75) is 38.8 Å². The molecule has 188 valence electrons. The number of carboxylic acids is 1. The summed E-state index contributed by atoms with van der Waals surface area (Å²) in [6.07, 6.45) is 3.24. The topological polar surface area (TPSA) is 138 Å². The zero-order valence-electron chi connectivity index (χ0n) is 19.8. The number of aromatic nitrogens is 2. The zero-order chi connectivity index (χ0) is 24.8. The molecule has 0 aliphatic carbocycles. The Balaban J connectivity index is 1.30. The number of rotatable bonds is 10. The summed E-state index contributed by atoms with van der Waals surface area (Å²) in [5, 5.41) is 19.6. The summed E-state index contributed by atoms with van der Waals surface area (Å²) in [4.78, 5) is 44.3. The second-order valence-electron chi connectivity index (χ2n) is 9.05. The highest BCUT2D eigenvalue weighted by Crippen LogP contribution is 2.19. The molecule has 0 spiro atoms. The van der Waals surface area contributed by atoms with Crippen LogP contribution in [0.25, 0.3) is 0 Å². The molecule has 0 unspecified atom stereocenters. The first-order valence-corrected chi connectivity index (χ1v) is 12.0. The predicted octanol–water partition coefficient (Wildman–Crippen LogP) is 0.804. The SMILES string of the molecule is Cc1ccc(ON[C@H](CNC(=O)c2cc3n(n2)CCN(CCC2CCNCC2)C3=O)C(=O)O)cc1. The summed E-state index contributed by atoms with van der Waals surface area (Å²) in [6.45, 7) is 5.54. The third-order valence-corrected chi connectivity index (χ3v) is 6.47. The lowest BCUT2D eigenvalue weighted by Crippen LogP contribution is -2.47. The van der Waals surface area contributed by atoms with E-state index in [4.69, 9.17) is 4.84 Å². The van der Waals surface area contributed by atoms with Gasteiger partial charge in [0.2, 0.25) is 0 Å². The number of nitrogens with one attached hydrogen (secondary N) is 3. The van der Waals surface area contributed by atoms with Crippen molar-refractivity contribution in [1.29, 1.82) is 0 Å². The molecule has 4 rings (SSSR count). The van der Waals surface area contributed by atoms with E-state index in [1.54, 1.807) is 16.8 Å². The van der Waals surface area contributed by atoms with Gasteiger partial charge in [0.1, 0.15) is 11.4 Å². The average Bonchev–Trinajstić information content (AvgIpc) is 3.30. The number of carbonyl (C=O) groups is 3. The lowest BCUT2D eigenvalue weighted by Gasteiger charge is -2.30. The van der Waals surface area contributed by atoms with Gasteiger partial charge in [0.05, 0.1) is 6.54 Å². The molecule has 1 saturated heterocycles. The molecule has 0 bridgehead atoms. The number of hydroxylamine groups is 1. The minimum Gasteiger partial charge on any atom is -0.480 e. The van der Waals surface area contributed by atoms with Gasteiger partial charge in [0.15, 0.2) is 11.7 Å². The molecule has 1 atom stereocenters. The van der Waals surface area contributed by atoms with Crippen molar-refractivity contribution in [3.8, 4) is 5.75 Å². The summed E-state index contributed by atoms with van der Waals surface area (Å²) in [6, 6.07) is 7.39. The third-order valence-electron chi connectivity index (χ3n) is 6.47. The third kappa shape index (κ3) is 6.37. The first-order chi connectivity index (χ1) is 16.9. The molecule has 2 aromatic rings. The van der Waals surface area contributed by atoms with Crippen LogP contribution in [0.5, 0.6) is 5.75 Å². The van der Waals surface area contributed by atoms with Crippen molar-refractivity contribution < 1.29 is 24.3 Å². The fourth-order valence-corrected chi connectivity index (χ4v) is 4.28. The molecule has 1 fully saturated rings. The summed E-state index contributed by atoms with van der Waals surface area (Å²) in [7, 11) is 0. The Bertz CT molecular complexity index is 1050. The van der Waals surface area contributed by atoms with E-state index in [-0.39, 0.29) is 18.1 Å². The number of benzene rings is 1. The van der Waals surface area contributed by atoms with E-state index in [0.29, 0.717) is 37.0 Å². The number of amides is 2. The number of piperidine rings is 1. The molecular weight excluding hydrogens is 452 g/mol. The van der Waals surface area contributed by atoms with E-state index >= 15 is 0 Å². The van der Waals surface area contributed by atoms with Gasteiger partial charge < -0.3 is 25.5 Å². The lowest BCUT2D eigenvalue weighted by atomic mass is 9.94. The summed E-state index contributed by atoms with van der Waals surface area (Å²) < 4.78 is 1.55. The normalized spacial score (nSPS) is 17.1. The van der Waals surface area contributed by atoms with Crippen LogP contribution in [0.1, 0.15) is 45.8 Å². The molecule has 0 radical (unpaired) electrons. The van der Waals surface area contributed by atoms with Gasteiger partial charge >= 0.3 is 5.97 Å². The smallest absolute Gasteiger partial charge is 0.325 e. The quantitative estimate of drug-likeness (QED) is 0.364. The van der Waals surface area contributed by atoms with Crippen molar-refractivity contribution in [3.63, 3.8) is 0 Å². The van der Waals surface area contributed by atoms with Crippen LogP contribution in [0, 0.1) is 12.8 Å². The molecule has 2 amide bonds. The Labute approximate surface area is 203 Å². The Morgan fingerprint density at radius 2 is 1.97 bits per heavy atom. The van der Waals surface area contributed by atoms with Crippen molar-refractivity contribution in [1.82, 2.24) is 30.8 Å². The molecule has 1 aromatic heterocycles. The maximum Gasteiger partial charge on any atom is 0.325 e. The molecule has 11 nitrogen and oxygen atoms in total. The van der Waals surface area contributed by atoms with Crippen LogP contribution in [0.15, 0.2) is 30.3 Å². The number of nitrogens with zero attached hydrogens (tertiary/aromatic N) is 3. The summed E-state index contributed by atoms with van der Waals surface area (Å²) in [5.41, 5.74) is 3.96. The standard InChI is InChI=1S/C24H32N6O5/c1-16-2-4-18(5-3-16)35-28-20(24(33)34)15-26-22(31)19-14-21-23(32)29(12-13-30(21)27-19)11-8-17-6-9-25-10-7-17/h2-5,14,17,20,25,28H,6-13,15H2,1H3,(H,26,31)(H,33,34)/t20-/m1/s1. The van der Waals surface area contributed by atoms with Crippen molar-refractivity contribution in [2.75, 3.05) is 32.7 Å². The molecule has 0 saturated carbocycles. The van der Waals surface area contributed by atoms with E-state index in [1.165, 1.54) is 6.07 Å². The summed E-state index contributed by atoms with van der Waals surface area (Å²) >= 11 is 0. The van der Waals surface area contributed by atoms with Gasteiger partial charge in [-0.15, -0.1) is 5.48 Å². The second kappa shape index (κ2) is 11.3. The monoisotopic (exact) mass is 484 g/mol. The molecular formula is C24H32N6O5. The maximum absolute atomic E-state index is 12.9. The molecule has 2 aliphatic heterocycles. The average molecular weight is 485 g/mol. The number of hydrogen-bond donors (Lipinski definition) is 4.